The third-order valence-electron chi connectivity index (χ3n) is 1.24. The fraction of sp³-hybridized carbons (Fsp3) is 0.500. The topological polar surface area (TPSA) is 66.8 Å². The second-order valence-electron chi connectivity index (χ2n) is 2.01. The van der Waals surface area contributed by atoms with Crippen molar-refractivity contribution < 1.29 is 108 Å². The van der Waals surface area contributed by atoms with Crippen molar-refractivity contribution in [2.24, 2.45) is 0 Å². The zero-order chi connectivity index (χ0) is 7.56. The Kier molecular flexibility index (Phi) is 11.4. The molecule has 4 nitrogen and oxygen atoms in total. The van der Waals surface area contributed by atoms with Crippen LogP contribution in [-0.2, 0) is 9.53 Å². The minimum absolute atomic E-state index is 0. The smallest absolute Gasteiger partial charge is 0.222 e. The average Bonchev–Trinajstić information content (AvgIpc) is 1.95. The predicted octanol–water partition coefficient (Wildman–Crippen LogP) is -0.611. The Bertz CT molecular complexity index is 180. The zero-order valence-electron chi connectivity index (χ0n) is 6.43. The molecule has 1 aliphatic rings. The molecule has 0 aliphatic carbocycles. The van der Waals surface area contributed by atoms with Gasteiger partial charge in [0.25, 0.3) is 0 Å². The Morgan fingerprint density at radius 1 is 1.58 bits per heavy atom. The van der Waals surface area contributed by atoms with Crippen molar-refractivity contribution in [2.45, 2.75) is 6.10 Å². The Morgan fingerprint density at radius 2 is 2.17 bits per heavy atom. The Balaban J connectivity index is 0. The third-order valence-corrected chi connectivity index (χ3v) is 1.24. The van der Waals surface area contributed by atoms with E-state index in [0.717, 1.165) is 0 Å². The molecule has 1 rings (SSSR count). The Labute approximate surface area is 142 Å². The van der Waals surface area contributed by atoms with E-state index in [9.17, 15) is 4.79 Å². The minimum atomic E-state index is -0.530. The van der Waals surface area contributed by atoms with Crippen molar-refractivity contribution in [3.63, 3.8) is 0 Å². The Hall–Kier alpha value is 2.01. The van der Waals surface area contributed by atoms with Crippen LogP contribution < -0.4 is 0 Å². The van der Waals surface area contributed by atoms with Gasteiger partial charge in [-0.3, -0.25) is 4.79 Å². The number of hydrogen-bond donors (Lipinski definition) is 2. The van der Waals surface area contributed by atoms with Gasteiger partial charge >= 0.3 is 0 Å². The van der Waals surface area contributed by atoms with E-state index in [1.165, 1.54) is 6.08 Å². The summed E-state index contributed by atoms with van der Waals surface area (Å²) in [5.74, 6) is -0.755. The quantitative estimate of drug-likeness (QED) is 0.423. The molecule has 0 aromatic carbocycles. The number of carbonyl (C=O) groups is 1. The van der Waals surface area contributed by atoms with Gasteiger partial charge in [0.15, 0.2) is 5.76 Å². The van der Waals surface area contributed by atoms with Crippen LogP contribution in [0.15, 0.2) is 11.8 Å². The molecule has 0 aromatic rings. The number of rotatable bonds is 1. The van der Waals surface area contributed by atoms with Crippen LogP contribution in [-0.4, -0.2) is 35.3 Å². The zero-order valence-corrected chi connectivity index (χ0v) is 15.9. The summed E-state index contributed by atoms with van der Waals surface area (Å²) in [5, 5.41) is 17.3. The van der Waals surface area contributed by atoms with Crippen LogP contribution in [0.25, 0.3) is 0 Å². The molecule has 62 valence electrons. The van der Waals surface area contributed by atoms with Gasteiger partial charge in [-0.25, -0.2) is 0 Å². The summed E-state index contributed by atoms with van der Waals surface area (Å²) in [7, 11) is 0. The van der Waals surface area contributed by atoms with Crippen molar-refractivity contribution in [2.75, 3.05) is 13.2 Å². The van der Waals surface area contributed by atoms with Crippen molar-refractivity contribution in [3.8, 4) is 0 Å². The molecule has 1 unspecified atom stereocenters. The first kappa shape index (κ1) is 16.4. The van der Waals surface area contributed by atoms with Crippen molar-refractivity contribution >= 4 is 5.78 Å². The van der Waals surface area contributed by atoms with Gasteiger partial charge in [0.1, 0.15) is 12.7 Å². The van der Waals surface area contributed by atoms with Gasteiger partial charge in [-0.2, -0.15) is 0 Å². The van der Waals surface area contributed by atoms with Crippen LogP contribution in [0.5, 0.6) is 0 Å². The van der Waals surface area contributed by atoms with Crippen LogP contribution in [0.4, 0.5) is 0 Å². The minimum Gasteiger partial charge on any atom is -0.504 e. The molecule has 1 aliphatic heterocycles. The van der Waals surface area contributed by atoms with Crippen molar-refractivity contribution in [1.29, 1.82) is 0 Å². The van der Waals surface area contributed by atoms with E-state index in [2.05, 4.69) is 0 Å². The van der Waals surface area contributed by atoms with E-state index >= 15 is 0 Å². The first-order valence-electron chi connectivity index (χ1n) is 2.90. The van der Waals surface area contributed by atoms with Gasteiger partial charge < -0.3 is 14.9 Å². The first-order chi connectivity index (χ1) is 4.74. The summed E-state index contributed by atoms with van der Waals surface area (Å²) in [4.78, 5) is 10.5. The average molecular weight is 598 g/mol. The maximum Gasteiger partial charge on any atom is 0.222 e. The number of Topliss-reactive ketones (excluding diaryl/α,β-unsaturated/α-hetero) is 1. The van der Waals surface area contributed by atoms with Gasteiger partial charge in [0.05, 0.1) is 6.61 Å². The predicted molar refractivity (Wildman–Crippen MR) is 32.5 cm³/mol. The van der Waals surface area contributed by atoms with Gasteiger partial charge in [-0.15, -0.1) is 0 Å². The van der Waals surface area contributed by atoms with Gasteiger partial charge in [-0.1, -0.05) is 0 Å². The number of aliphatic hydroxyl groups excluding tert-OH is 2. The number of ketones is 1. The Morgan fingerprint density at radius 3 is 2.58 bits per heavy atom. The first-order valence-corrected chi connectivity index (χ1v) is 2.90. The summed E-state index contributed by atoms with van der Waals surface area (Å²) >= 11 is 0. The van der Waals surface area contributed by atoms with E-state index < -0.39 is 11.9 Å². The van der Waals surface area contributed by atoms with Crippen LogP contribution in [0.2, 0.25) is 0 Å². The molecule has 0 spiro atoms. The second kappa shape index (κ2) is 8.33. The largest absolute Gasteiger partial charge is 0.504 e. The van der Waals surface area contributed by atoms with Gasteiger partial charge in [0.2, 0.25) is 5.78 Å². The molecule has 0 amide bonds. The monoisotopic (exact) mass is 598 g/mol. The number of aliphatic hydroxyl groups is 2. The summed E-state index contributed by atoms with van der Waals surface area (Å²) in [6.07, 6.45) is 0.670. The normalized spacial score (nSPS) is 21.9. The van der Waals surface area contributed by atoms with Crippen LogP contribution in [0, 0.1) is 88.1 Å². The molecule has 12 heavy (non-hydrogen) atoms. The van der Waals surface area contributed by atoms with Crippen molar-refractivity contribution in [1.82, 2.24) is 0 Å². The van der Waals surface area contributed by atoms with Crippen LogP contribution in [0.1, 0.15) is 0 Å². The molecular formula is C6H8Ac2O4. The molecule has 1 atom stereocenters. The molecule has 2 N–H and O–H groups in total. The molecule has 0 saturated carbocycles. The fourth-order valence-corrected chi connectivity index (χ4v) is 0.679. The molecule has 6 heteroatoms. The standard InChI is InChI=1S/C6H8O4.2Ac/c7-2-4-1-5(8)6(9)3-10-4;;/h1,4,7-8H,2-3H2;;. The molecule has 2 radical (unpaired) electrons. The van der Waals surface area contributed by atoms with E-state index in [4.69, 9.17) is 14.9 Å². The van der Waals surface area contributed by atoms with Gasteiger partial charge in [-0.05, 0) is 6.08 Å². The summed E-state index contributed by atoms with van der Waals surface area (Å²) < 4.78 is 4.77. The molecule has 0 aromatic heterocycles. The summed E-state index contributed by atoms with van der Waals surface area (Å²) in [6, 6.07) is 0. The van der Waals surface area contributed by atoms with E-state index in [1.54, 1.807) is 0 Å². The molecule has 0 fully saturated rings. The summed E-state index contributed by atoms with van der Waals surface area (Å²) in [5.41, 5.74) is 0. The van der Waals surface area contributed by atoms with E-state index in [1.807, 2.05) is 0 Å². The maximum absolute atomic E-state index is 10.5. The number of ether oxygens (including phenoxy) is 1. The fourth-order valence-electron chi connectivity index (χ4n) is 0.679. The van der Waals surface area contributed by atoms with Crippen molar-refractivity contribution in [3.05, 3.63) is 11.8 Å². The van der Waals surface area contributed by atoms with E-state index in [0.29, 0.717) is 0 Å². The molecule has 1 heterocycles. The number of carbonyl (C=O) groups excluding carboxylic acids is 1. The van der Waals surface area contributed by atoms with Gasteiger partial charge in [0, 0.05) is 88.1 Å². The molecule has 0 bridgehead atoms. The molecule has 0 saturated heterocycles. The number of hydrogen-bond acceptors (Lipinski definition) is 4. The second-order valence-corrected chi connectivity index (χ2v) is 2.01. The van der Waals surface area contributed by atoms with Crippen LogP contribution in [0.3, 0.4) is 0 Å². The summed E-state index contributed by atoms with van der Waals surface area (Å²) in [6.45, 7) is -0.356. The third kappa shape index (κ3) is 5.03. The van der Waals surface area contributed by atoms with Crippen LogP contribution >= 0.6 is 0 Å². The van der Waals surface area contributed by atoms with E-state index in [-0.39, 0.29) is 107 Å². The molecular weight excluding hydrogens is 590 g/mol. The maximum atomic E-state index is 10.5. The SMILES string of the molecule is O=C1COC(CO)C=C1O.[Ac].[Ac].